The van der Waals surface area contributed by atoms with Crippen molar-refractivity contribution in [3.8, 4) is 0 Å². The van der Waals surface area contributed by atoms with Crippen molar-refractivity contribution >= 4 is 5.91 Å². The molecule has 0 aromatic heterocycles. The Bertz CT molecular complexity index is 438. The van der Waals surface area contributed by atoms with Crippen LogP contribution in [0, 0.1) is 5.82 Å². The molecule has 1 heterocycles. The van der Waals surface area contributed by atoms with E-state index in [0.29, 0.717) is 6.61 Å². The van der Waals surface area contributed by atoms with Crippen LogP contribution in [0.1, 0.15) is 17.3 Å². The fraction of sp³-hybridized carbons (Fsp3) is 0.462. The summed E-state index contributed by atoms with van der Waals surface area (Å²) in [5.74, 6) is -0.885. The first-order valence-electron chi connectivity index (χ1n) is 5.91. The second-order valence-electron chi connectivity index (χ2n) is 4.42. The van der Waals surface area contributed by atoms with Gasteiger partial charge in [-0.05, 0) is 19.1 Å². The van der Waals surface area contributed by atoms with Crippen LogP contribution >= 0.6 is 0 Å². The second-order valence-corrected chi connectivity index (χ2v) is 4.42. The Morgan fingerprint density at radius 3 is 2.94 bits per heavy atom. The highest BCUT2D eigenvalue weighted by Gasteiger charge is 2.30. The molecule has 0 bridgehead atoms. The monoisotopic (exact) mass is 253 g/mol. The highest BCUT2D eigenvalue weighted by atomic mass is 19.1. The number of aliphatic hydroxyl groups excluding tert-OH is 1. The van der Waals surface area contributed by atoms with Crippen LogP contribution in [0.15, 0.2) is 24.3 Å². The molecule has 1 aliphatic heterocycles. The van der Waals surface area contributed by atoms with Crippen LogP contribution in [0.3, 0.4) is 0 Å². The third-order valence-corrected chi connectivity index (χ3v) is 3.07. The molecular weight excluding hydrogens is 237 g/mol. The summed E-state index contributed by atoms with van der Waals surface area (Å²) in [7, 11) is 0. The summed E-state index contributed by atoms with van der Waals surface area (Å²) in [6.07, 6.45) is -0.392. The van der Waals surface area contributed by atoms with Crippen LogP contribution < -0.4 is 0 Å². The lowest BCUT2D eigenvalue weighted by Crippen LogP contribution is -2.52. The van der Waals surface area contributed by atoms with Crippen molar-refractivity contribution in [3.05, 3.63) is 35.6 Å². The Kier molecular flexibility index (Phi) is 3.93. The van der Waals surface area contributed by atoms with E-state index in [1.54, 1.807) is 17.0 Å². The summed E-state index contributed by atoms with van der Waals surface area (Å²) in [5.41, 5.74) is 0.0583. The number of hydrogen-bond donors (Lipinski definition) is 1. The molecule has 0 spiro atoms. The predicted octanol–water partition coefficient (Wildman–Crippen LogP) is 1.05. The smallest absolute Gasteiger partial charge is 0.257 e. The Labute approximate surface area is 105 Å². The maximum Gasteiger partial charge on any atom is 0.257 e. The van der Waals surface area contributed by atoms with Gasteiger partial charge in [0.2, 0.25) is 0 Å². The lowest BCUT2D eigenvalue weighted by molar-refractivity contribution is -0.0668. The van der Waals surface area contributed by atoms with E-state index in [-0.39, 0.29) is 30.7 Å². The molecule has 5 heteroatoms. The maximum absolute atomic E-state index is 13.6. The molecule has 1 amide bonds. The van der Waals surface area contributed by atoms with Crippen molar-refractivity contribution in [2.24, 2.45) is 0 Å². The standard InChI is InChI=1S/C13H16FNO3/c1-9-8-18-10(7-16)6-15(9)13(17)11-4-2-3-5-12(11)14/h2-5,9-10,16H,6-8H2,1H3. The number of benzene rings is 1. The largest absolute Gasteiger partial charge is 0.394 e. The van der Waals surface area contributed by atoms with E-state index in [1.165, 1.54) is 12.1 Å². The van der Waals surface area contributed by atoms with E-state index in [0.717, 1.165) is 0 Å². The molecule has 18 heavy (non-hydrogen) atoms. The molecule has 98 valence electrons. The first kappa shape index (κ1) is 13.0. The summed E-state index contributed by atoms with van der Waals surface area (Å²) >= 11 is 0. The van der Waals surface area contributed by atoms with Crippen LogP contribution in [-0.4, -0.2) is 47.8 Å². The lowest BCUT2D eigenvalue weighted by atomic mass is 10.1. The van der Waals surface area contributed by atoms with Crippen molar-refractivity contribution in [2.45, 2.75) is 19.1 Å². The number of morpholine rings is 1. The molecule has 0 radical (unpaired) electrons. The summed E-state index contributed by atoms with van der Waals surface area (Å²) in [6, 6.07) is 5.78. The van der Waals surface area contributed by atoms with Crippen LogP contribution in [0.4, 0.5) is 4.39 Å². The molecule has 4 nitrogen and oxygen atoms in total. The Morgan fingerprint density at radius 2 is 2.28 bits per heavy atom. The SMILES string of the molecule is CC1COC(CO)CN1C(=O)c1ccccc1F. The van der Waals surface area contributed by atoms with Gasteiger partial charge >= 0.3 is 0 Å². The van der Waals surface area contributed by atoms with Gasteiger partial charge in [0.25, 0.3) is 5.91 Å². The first-order chi connectivity index (χ1) is 8.63. The second kappa shape index (κ2) is 5.46. The van der Waals surface area contributed by atoms with Gasteiger partial charge in [-0.2, -0.15) is 0 Å². The zero-order valence-electron chi connectivity index (χ0n) is 10.2. The molecule has 1 saturated heterocycles. The molecule has 1 aromatic carbocycles. The van der Waals surface area contributed by atoms with E-state index in [4.69, 9.17) is 9.84 Å². The summed E-state index contributed by atoms with van der Waals surface area (Å²) in [4.78, 5) is 13.8. The summed E-state index contributed by atoms with van der Waals surface area (Å²) in [6.45, 7) is 2.33. The summed E-state index contributed by atoms with van der Waals surface area (Å²) in [5, 5.41) is 9.06. The normalized spacial score (nSPS) is 24.1. The molecule has 2 rings (SSSR count). The van der Waals surface area contributed by atoms with Crippen molar-refractivity contribution in [1.82, 2.24) is 4.90 Å². The number of nitrogens with zero attached hydrogens (tertiary/aromatic N) is 1. The van der Waals surface area contributed by atoms with Gasteiger partial charge in [0, 0.05) is 6.54 Å². The van der Waals surface area contributed by atoms with Gasteiger partial charge in [0.05, 0.1) is 30.9 Å². The fourth-order valence-corrected chi connectivity index (χ4v) is 2.00. The topological polar surface area (TPSA) is 49.8 Å². The fourth-order valence-electron chi connectivity index (χ4n) is 2.00. The van der Waals surface area contributed by atoms with Crippen LogP contribution in [0.5, 0.6) is 0 Å². The molecule has 1 aliphatic rings. The van der Waals surface area contributed by atoms with E-state index >= 15 is 0 Å². The molecule has 2 atom stereocenters. The minimum atomic E-state index is -0.526. The number of rotatable bonds is 2. The van der Waals surface area contributed by atoms with Crippen LogP contribution in [0.2, 0.25) is 0 Å². The highest BCUT2D eigenvalue weighted by Crippen LogP contribution is 2.17. The predicted molar refractivity (Wildman–Crippen MR) is 63.7 cm³/mol. The molecule has 1 aromatic rings. The average Bonchev–Trinajstić information content (AvgIpc) is 2.39. The molecular formula is C13H16FNO3. The number of carbonyl (C=O) groups is 1. The van der Waals surface area contributed by atoms with Gasteiger partial charge in [-0.25, -0.2) is 4.39 Å². The van der Waals surface area contributed by atoms with Crippen LogP contribution in [0.25, 0.3) is 0 Å². The quantitative estimate of drug-likeness (QED) is 0.857. The van der Waals surface area contributed by atoms with Crippen molar-refractivity contribution in [3.63, 3.8) is 0 Å². The van der Waals surface area contributed by atoms with Gasteiger partial charge in [0.1, 0.15) is 5.82 Å². The molecule has 2 unspecified atom stereocenters. The van der Waals surface area contributed by atoms with Crippen molar-refractivity contribution < 1.29 is 19.0 Å². The molecule has 1 N–H and O–H groups in total. The number of ether oxygens (including phenoxy) is 1. The van der Waals surface area contributed by atoms with E-state index in [9.17, 15) is 9.18 Å². The van der Waals surface area contributed by atoms with Crippen LogP contribution in [-0.2, 0) is 4.74 Å². The van der Waals surface area contributed by atoms with Gasteiger partial charge in [0.15, 0.2) is 0 Å². The Balaban J connectivity index is 2.19. The summed E-state index contributed by atoms with van der Waals surface area (Å²) < 4.78 is 18.9. The number of halogens is 1. The third-order valence-electron chi connectivity index (χ3n) is 3.07. The van der Waals surface area contributed by atoms with Gasteiger partial charge in [-0.1, -0.05) is 12.1 Å². The van der Waals surface area contributed by atoms with E-state index < -0.39 is 11.9 Å². The Hall–Kier alpha value is -1.46. The molecule has 1 fully saturated rings. The molecule has 0 saturated carbocycles. The minimum Gasteiger partial charge on any atom is -0.394 e. The van der Waals surface area contributed by atoms with Gasteiger partial charge < -0.3 is 14.7 Å². The third kappa shape index (κ3) is 2.52. The zero-order valence-corrected chi connectivity index (χ0v) is 10.2. The molecule has 0 aliphatic carbocycles. The average molecular weight is 253 g/mol. The number of hydrogen-bond acceptors (Lipinski definition) is 3. The number of amides is 1. The minimum absolute atomic E-state index is 0.0583. The van der Waals surface area contributed by atoms with Gasteiger partial charge in [-0.3, -0.25) is 4.79 Å². The lowest BCUT2D eigenvalue weighted by Gasteiger charge is -2.37. The highest BCUT2D eigenvalue weighted by molar-refractivity contribution is 5.94. The van der Waals surface area contributed by atoms with E-state index in [1.807, 2.05) is 6.92 Å². The number of carbonyl (C=O) groups excluding carboxylic acids is 1. The number of aliphatic hydroxyl groups is 1. The maximum atomic E-state index is 13.6. The van der Waals surface area contributed by atoms with E-state index in [2.05, 4.69) is 0 Å². The van der Waals surface area contributed by atoms with Crippen molar-refractivity contribution in [1.29, 1.82) is 0 Å². The first-order valence-corrected chi connectivity index (χ1v) is 5.91. The Morgan fingerprint density at radius 1 is 1.56 bits per heavy atom. The zero-order chi connectivity index (χ0) is 13.1. The van der Waals surface area contributed by atoms with Gasteiger partial charge in [-0.15, -0.1) is 0 Å². The van der Waals surface area contributed by atoms with Crippen molar-refractivity contribution in [2.75, 3.05) is 19.8 Å².